The number of hydrogen-bond acceptors (Lipinski definition) is 5. The highest BCUT2D eigenvalue weighted by Gasteiger charge is 2.42. The molecule has 8 nitrogen and oxygen atoms in total. The minimum atomic E-state index is -4.16. The first kappa shape index (κ1) is 20.0. The van der Waals surface area contributed by atoms with E-state index in [0.29, 0.717) is 0 Å². The zero-order chi connectivity index (χ0) is 21.5. The Balaban J connectivity index is 1.45. The maximum absolute atomic E-state index is 13.8. The van der Waals surface area contributed by atoms with Crippen LogP contribution >= 0.6 is 0 Å². The summed E-state index contributed by atoms with van der Waals surface area (Å²) in [7, 11) is -4.16. The number of rotatable bonds is 5. The number of nitrogens with one attached hydrogen (secondary N) is 1. The monoisotopic (exact) mass is 431 g/mol. The molecular weight excluding hydrogens is 413 g/mol. The normalized spacial score (nSPS) is 17.2. The van der Waals surface area contributed by atoms with Gasteiger partial charge in [-0.15, -0.1) is 0 Å². The zero-order valence-corrected chi connectivity index (χ0v) is 16.6. The largest absolute Gasteiger partial charge is 0.334 e. The second kappa shape index (κ2) is 7.52. The van der Waals surface area contributed by atoms with E-state index in [0.717, 1.165) is 12.1 Å². The molecule has 0 aromatic heterocycles. The molecule has 0 aliphatic carbocycles. The summed E-state index contributed by atoms with van der Waals surface area (Å²) in [5, 5.41) is 0. The number of sulfonamides is 1. The van der Waals surface area contributed by atoms with Gasteiger partial charge in [0.25, 0.3) is 15.9 Å². The van der Waals surface area contributed by atoms with E-state index in [1.54, 1.807) is 0 Å². The van der Waals surface area contributed by atoms with Crippen molar-refractivity contribution in [2.45, 2.75) is 23.8 Å². The molecule has 10 heteroatoms. The van der Waals surface area contributed by atoms with Crippen molar-refractivity contribution in [2.75, 3.05) is 17.8 Å². The van der Waals surface area contributed by atoms with Crippen molar-refractivity contribution < 1.29 is 27.2 Å². The molecule has 0 saturated carbocycles. The van der Waals surface area contributed by atoms with Crippen molar-refractivity contribution in [3.63, 3.8) is 0 Å². The van der Waals surface area contributed by atoms with Crippen molar-refractivity contribution in [1.29, 1.82) is 0 Å². The molecule has 2 aromatic carbocycles. The van der Waals surface area contributed by atoms with Gasteiger partial charge in [0.1, 0.15) is 10.7 Å². The SMILES string of the molecule is O=C(c1cccc(NS(=O)(=O)c2ccccc2F)c1)N1CC(N2C(=O)CCC2=O)C1. The van der Waals surface area contributed by atoms with Crippen LogP contribution in [0.2, 0.25) is 0 Å². The standard InChI is InChI=1S/C20H18FN3O5S/c21-16-6-1-2-7-17(16)30(28,29)22-14-5-3-4-13(10-14)20(27)23-11-15(12-23)24-18(25)8-9-19(24)26/h1-7,10,15,22H,8-9,11-12H2. The predicted octanol–water partition coefficient (Wildman–Crippen LogP) is 1.60. The third kappa shape index (κ3) is 3.65. The second-order valence-electron chi connectivity index (χ2n) is 7.14. The highest BCUT2D eigenvalue weighted by Crippen LogP contribution is 2.25. The summed E-state index contributed by atoms with van der Waals surface area (Å²) in [5.41, 5.74) is 0.354. The van der Waals surface area contributed by atoms with E-state index in [-0.39, 0.29) is 60.9 Å². The van der Waals surface area contributed by atoms with Crippen LogP contribution in [0, 0.1) is 5.82 Å². The van der Waals surface area contributed by atoms with Gasteiger partial charge in [-0.3, -0.25) is 24.0 Å². The van der Waals surface area contributed by atoms with Crippen LogP contribution in [0.15, 0.2) is 53.4 Å². The lowest BCUT2D eigenvalue weighted by atomic mass is 10.0. The van der Waals surface area contributed by atoms with E-state index in [4.69, 9.17) is 0 Å². The number of imide groups is 1. The van der Waals surface area contributed by atoms with Gasteiger partial charge in [-0.2, -0.15) is 0 Å². The summed E-state index contributed by atoms with van der Waals surface area (Å²) in [6.07, 6.45) is 0.404. The van der Waals surface area contributed by atoms with Gasteiger partial charge in [0.05, 0.1) is 6.04 Å². The fraction of sp³-hybridized carbons (Fsp3) is 0.250. The first-order valence-electron chi connectivity index (χ1n) is 9.28. The van der Waals surface area contributed by atoms with Crippen LogP contribution in [-0.2, 0) is 19.6 Å². The van der Waals surface area contributed by atoms with Gasteiger partial charge in [0.15, 0.2) is 0 Å². The molecular formula is C20H18FN3O5S. The van der Waals surface area contributed by atoms with Crippen LogP contribution in [0.25, 0.3) is 0 Å². The molecule has 0 spiro atoms. The number of carbonyl (C=O) groups excluding carboxylic acids is 3. The topological polar surface area (TPSA) is 104 Å². The Hall–Kier alpha value is -3.27. The average Bonchev–Trinajstić information content (AvgIpc) is 2.99. The van der Waals surface area contributed by atoms with Crippen molar-refractivity contribution in [2.24, 2.45) is 0 Å². The van der Waals surface area contributed by atoms with E-state index < -0.39 is 20.7 Å². The molecule has 2 aliphatic heterocycles. The van der Waals surface area contributed by atoms with Crippen LogP contribution in [-0.4, -0.2) is 55.1 Å². The molecule has 2 saturated heterocycles. The van der Waals surface area contributed by atoms with E-state index in [1.807, 2.05) is 0 Å². The summed E-state index contributed by atoms with van der Waals surface area (Å²) < 4.78 is 41.0. The van der Waals surface area contributed by atoms with Gasteiger partial charge in [-0.05, 0) is 30.3 Å². The molecule has 0 radical (unpaired) electrons. The van der Waals surface area contributed by atoms with E-state index in [9.17, 15) is 27.2 Å². The summed E-state index contributed by atoms with van der Waals surface area (Å²) in [4.78, 5) is 38.5. The summed E-state index contributed by atoms with van der Waals surface area (Å²) in [6, 6.07) is 10.5. The minimum Gasteiger partial charge on any atom is -0.334 e. The van der Waals surface area contributed by atoms with Gasteiger partial charge in [-0.1, -0.05) is 18.2 Å². The number of anilines is 1. The Bertz CT molecular complexity index is 1130. The van der Waals surface area contributed by atoms with E-state index in [2.05, 4.69) is 4.72 Å². The van der Waals surface area contributed by atoms with Crippen LogP contribution < -0.4 is 4.72 Å². The second-order valence-corrected chi connectivity index (χ2v) is 8.79. The lowest BCUT2D eigenvalue weighted by Crippen LogP contribution is -2.62. The first-order valence-corrected chi connectivity index (χ1v) is 10.8. The molecule has 2 aromatic rings. The van der Waals surface area contributed by atoms with Gasteiger partial charge in [-0.25, -0.2) is 12.8 Å². The minimum absolute atomic E-state index is 0.117. The zero-order valence-electron chi connectivity index (χ0n) is 15.7. The molecule has 0 bridgehead atoms. The Morgan fingerprint density at radius 1 is 1.00 bits per heavy atom. The third-order valence-corrected chi connectivity index (χ3v) is 6.51. The molecule has 0 unspecified atom stereocenters. The van der Waals surface area contributed by atoms with E-state index >= 15 is 0 Å². The fourth-order valence-electron chi connectivity index (χ4n) is 3.56. The van der Waals surface area contributed by atoms with Crippen LogP contribution in [0.5, 0.6) is 0 Å². The van der Waals surface area contributed by atoms with Gasteiger partial charge in [0.2, 0.25) is 11.8 Å². The molecule has 2 heterocycles. The Morgan fingerprint density at radius 2 is 1.67 bits per heavy atom. The molecule has 1 N–H and O–H groups in total. The van der Waals surface area contributed by atoms with Gasteiger partial charge >= 0.3 is 0 Å². The maximum Gasteiger partial charge on any atom is 0.264 e. The molecule has 2 fully saturated rings. The van der Waals surface area contributed by atoms with Crippen LogP contribution in [0.1, 0.15) is 23.2 Å². The average molecular weight is 431 g/mol. The predicted molar refractivity (Wildman–Crippen MR) is 104 cm³/mol. The fourth-order valence-corrected chi connectivity index (χ4v) is 4.69. The molecule has 2 aliphatic rings. The lowest BCUT2D eigenvalue weighted by molar-refractivity contribution is -0.144. The Labute approximate surface area is 172 Å². The number of hydrogen-bond donors (Lipinski definition) is 1. The Morgan fingerprint density at radius 3 is 2.33 bits per heavy atom. The quantitative estimate of drug-likeness (QED) is 0.725. The smallest absolute Gasteiger partial charge is 0.264 e. The number of likely N-dealkylation sites (tertiary alicyclic amines) is 2. The molecule has 156 valence electrons. The number of nitrogens with zero attached hydrogens (tertiary/aromatic N) is 2. The highest BCUT2D eigenvalue weighted by atomic mass is 32.2. The molecule has 30 heavy (non-hydrogen) atoms. The Kier molecular flexibility index (Phi) is 5.02. The maximum atomic E-state index is 13.8. The molecule has 4 rings (SSSR count). The van der Waals surface area contributed by atoms with Gasteiger partial charge in [0, 0.05) is 37.2 Å². The summed E-state index contributed by atoms with van der Waals surface area (Å²) >= 11 is 0. The lowest BCUT2D eigenvalue weighted by Gasteiger charge is -2.43. The van der Waals surface area contributed by atoms with Gasteiger partial charge < -0.3 is 4.90 Å². The van der Waals surface area contributed by atoms with Crippen molar-refractivity contribution in [1.82, 2.24) is 9.80 Å². The number of carbonyl (C=O) groups is 3. The molecule has 3 amide bonds. The summed E-state index contributed by atoms with van der Waals surface area (Å²) in [5.74, 6) is -1.67. The third-order valence-electron chi connectivity index (χ3n) is 5.09. The van der Waals surface area contributed by atoms with E-state index in [1.165, 1.54) is 46.2 Å². The van der Waals surface area contributed by atoms with Crippen molar-refractivity contribution in [3.8, 4) is 0 Å². The molecule has 0 atom stereocenters. The highest BCUT2D eigenvalue weighted by molar-refractivity contribution is 7.92. The van der Waals surface area contributed by atoms with Crippen molar-refractivity contribution in [3.05, 3.63) is 59.9 Å². The van der Waals surface area contributed by atoms with Crippen molar-refractivity contribution >= 4 is 33.4 Å². The first-order chi connectivity index (χ1) is 14.3. The number of benzene rings is 2. The number of halogens is 1. The van der Waals surface area contributed by atoms with Crippen LogP contribution in [0.3, 0.4) is 0 Å². The van der Waals surface area contributed by atoms with Crippen LogP contribution in [0.4, 0.5) is 10.1 Å². The number of amides is 3. The summed E-state index contributed by atoms with van der Waals surface area (Å²) in [6.45, 7) is 0.475.